The molecule has 3 rings (SSSR count). The summed E-state index contributed by atoms with van der Waals surface area (Å²) in [6, 6.07) is 7.88. The van der Waals surface area contributed by atoms with Gasteiger partial charge in [0.2, 0.25) is 0 Å². The summed E-state index contributed by atoms with van der Waals surface area (Å²) in [4.78, 5) is 8.76. The molecule has 96 valence electrons. The van der Waals surface area contributed by atoms with Crippen LogP contribution in [-0.4, -0.2) is 14.5 Å². The van der Waals surface area contributed by atoms with Gasteiger partial charge in [-0.25, -0.2) is 4.98 Å². The molecule has 4 heteroatoms. The van der Waals surface area contributed by atoms with Crippen molar-refractivity contribution in [2.45, 2.75) is 20.4 Å². The van der Waals surface area contributed by atoms with Crippen LogP contribution in [-0.2, 0) is 6.54 Å². The number of hydrogen-bond acceptors (Lipinski definition) is 3. The lowest BCUT2D eigenvalue weighted by molar-refractivity contribution is 0.777. The zero-order valence-corrected chi connectivity index (χ0v) is 11.1. The molecule has 0 aliphatic heterocycles. The summed E-state index contributed by atoms with van der Waals surface area (Å²) in [5.41, 5.74) is 11.0. The second kappa shape index (κ2) is 4.39. The first-order valence-corrected chi connectivity index (χ1v) is 6.27. The Kier molecular flexibility index (Phi) is 2.71. The maximum atomic E-state index is 5.80. The molecule has 2 heterocycles. The Balaban J connectivity index is 2.10. The van der Waals surface area contributed by atoms with E-state index in [0.717, 1.165) is 29.1 Å². The number of benzene rings is 1. The minimum atomic E-state index is 0.745. The third-order valence-corrected chi connectivity index (χ3v) is 3.44. The number of imidazole rings is 1. The highest BCUT2D eigenvalue weighted by atomic mass is 15.1. The molecule has 0 amide bonds. The Morgan fingerprint density at radius 1 is 1.21 bits per heavy atom. The first-order chi connectivity index (χ1) is 9.15. The summed E-state index contributed by atoms with van der Waals surface area (Å²) in [7, 11) is 0. The first kappa shape index (κ1) is 11.7. The van der Waals surface area contributed by atoms with Crippen molar-refractivity contribution in [2.75, 3.05) is 5.73 Å². The molecule has 0 bridgehead atoms. The van der Waals surface area contributed by atoms with E-state index in [-0.39, 0.29) is 0 Å². The van der Waals surface area contributed by atoms with Crippen molar-refractivity contribution in [1.29, 1.82) is 0 Å². The zero-order valence-electron chi connectivity index (χ0n) is 11.1. The van der Waals surface area contributed by atoms with Gasteiger partial charge in [-0.05, 0) is 49.2 Å². The number of nitrogens with two attached hydrogens (primary N) is 1. The van der Waals surface area contributed by atoms with Crippen molar-refractivity contribution in [3.8, 4) is 0 Å². The van der Waals surface area contributed by atoms with Gasteiger partial charge in [-0.15, -0.1) is 0 Å². The van der Waals surface area contributed by atoms with Crippen molar-refractivity contribution in [3.05, 3.63) is 53.6 Å². The van der Waals surface area contributed by atoms with Gasteiger partial charge >= 0.3 is 0 Å². The molecular formula is C15H16N4. The number of rotatable bonds is 2. The fourth-order valence-electron chi connectivity index (χ4n) is 2.30. The highest BCUT2D eigenvalue weighted by molar-refractivity contribution is 5.79. The van der Waals surface area contributed by atoms with Crippen molar-refractivity contribution in [2.24, 2.45) is 0 Å². The average molecular weight is 252 g/mol. The van der Waals surface area contributed by atoms with E-state index in [1.807, 2.05) is 43.6 Å². The van der Waals surface area contributed by atoms with Gasteiger partial charge in [0.1, 0.15) is 5.82 Å². The molecule has 0 saturated heterocycles. The van der Waals surface area contributed by atoms with E-state index in [0.29, 0.717) is 0 Å². The van der Waals surface area contributed by atoms with Gasteiger partial charge in [0, 0.05) is 18.1 Å². The lowest BCUT2D eigenvalue weighted by Gasteiger charge is -2.09. The Morgan fingerprint density at radius 2 is 2.05 bits per heavy atom. The molecule has 4 nitrogen and oxygen atoms in total. The van der Waals surface area contributed by atoms with Crippen LogP contribution in [0.15, 0.2) is 36.7 Å². The lowest BCUT2D eigenvalue weighted by atomic mass is 10.1. The molecular weight excluding hydrogens is 236 g/mol. The molecule has 0 fully saturated rings. The normalized spacial score (nSPS) is 11.1. The molecule has 0 saturated carbocycles. The van der Waals surface area contributed by atoms with Gasteiger partial charge in [-0.1, -0.05) is 0 Å². The standard InChI is InChI=1S/C15H16N4/c1-10-5-6-17-8-12(10)9-19-11(2)18-14-7-13(16)3-4-15(14)19/h3-8H,9,16H2,1-2H3. The van der Waals surface area contributed by atoms with E-state index in [9.17, 15) is 0 Å². The van der Waals surface area contributed by atoms with Crippen molar-refractivity contribution < 1.29 is 0 Å². The third kappa shape index (κ3) is 2.05. The molecule has 0 aliphatic rings. The van der Waals surface area contributed by atoms with Crippen LogP contribution < -0.4 is 5.73 Å². The Labute approximate surface area is 111 Å². The summed E-state index contributed by atoms with van der Waals surface area (Å²) < 4.78 is 2.19. The Hall–Kier alpha value is -2.36. The van der Waals surface area contributed by atoms with Crippen LogP contribution in [0.1, 0.15) is 17.0 Å². The van der Waals surface area contributed by atoms with Crippen molar-refractivity contribution >= 4 is 16.7 Å². The fraction of sp³-hybridized carbons (Fsp3) is 0.200. The number of pyridine rings is 1. The van der Waals surface area contributed by atoms with E-state index in [2.05, 4.69) is 21.5 Å². The van der Waals surface area contributed by atoms with Crippen LogP contribution in [0, 0.1) is 13.8 Å². The Morgan fingerprint density at radius 3 is 2.84 bits per heavy atom. The van der Waals surface area contributed by atoms with Crippen LogP contribution >= 0.6 is 0 Å². The molecule has 0 aliphatic carbocycles. The van der Waals surface area contributed by atoms with Gasteiger partial charge in [0.05, 0.1) is 17.6 Å². The zero-order chi connectivity index (χ0) is 13.4. The highest BCUT2D eigenvalue weighted by Gasteiger charge is 2.09. The summed E-state index contributed by atoms with van der Waals surface area (Å²) >= 11 is 0. The quantitative estimate of drug-likeness (QED) is 0.713. The second-order valence-electron chi connectivity index (χ2n) is 4.80. The number of hydrogen-bond donors (Lipinski definition) is 1. The summed E-state index contributed by atoms with van der Waals surface area (Å²) in [5, 5.41) is 0. The molecule has 19 heavy (non-hydrogen) atoms. The van der Waals surface area contributed by atoms with Gasteiger partial charge < -0.3 is 10.3 Å². The van der Waals surface area contributed by atoms with Crippen LogP contribution in [0.5, 0.6) is 0 Å². The number of nitrogens with zero attached hydrogens (tertiary/aromatic N) is 3. The monoisotopic (exact) mass is 252 g/mol. The van der Waals surface area contributed by atoms with Crippen LogP contribution in [0.4, 0.5) is 5.69 Å². The molecule has 0 atom stereocenters. The number of nitrogen functional groups attached to an aromatic ring is 1. The lowest BCUT2D eigenvalue weighted by Crippen LogP contribution is -2.04. The molecule has 3 aromatic rings. The first-order valence-electron chi connectivity index (χ1n) is 6.27. The predicted octanol–water partition coefficient (Wildman–Crippen LogP) is 2.68. The summed E-state index contributed by atoms with van der Waals surface area (Å²) in [5.74, 6) is 0.990. The number of anilines is 1. The molecule has 2 aromatic heterocycles. The molecule has 0 spiro atoms. The van der Waals surface area contributed by atoms with Crippen LogP contribution in [0.25, 0.3) is 11.0 Å². The van der Waals surface area contributed by atoms with Gasteiger partial charge in [-0.3, -0.25) is 4.98 Å². The Bertz CT molecular complexity index is 743. The molecule has 0 radical (unpaired) electrons. The van der Waals surface area contributed by atoms with E-state index in [1.54, 1.807) is 0 Å². The summed E-state index contributed by atoms with van der Waals surface area (Å²) in [6.07, 6.45) is 3.73. The SMILES string of the molecule is Cc1ccncc1Cn1c(C)nc2cc(N)ccc21. The van der Waals surface area contributed by atoms with E-state index in [1.165, 1.54) is 11.1 Å². The fourth-order valence-corrected chi connectivity index (χ4v) is 2.30. The van der Waals surface area contributed by atoms with E-state index in [4.69, 9.17) is 5.73 Å². The van der Waals surface area contributed by atoms with Crippen molar-refractivity contribution in [3.63, 3.8) is 0 Å². The van der Waals surface area contributed by atoms with Crippen LogP contribution in [0.2, 0.25) is 0 Å². The predicted molar refractivity (Wildman–Crippen MR) is 77.0 cm³/mol. The highest BCUT2D eigenvalue weighted by Crippen LogP contribution is 2.20. The number of aryl methyl sites for hydroxylation is 2. The smallest absolute Gasteiger partial charge is 0.107 e. The van der Waals surface area contributed by atoms with Crippen molar-refractivity contribution in [1.82, 2.24) is 14.5 Å². The maximum absolute atomic E-state index is 5.80. The topological polar surface area (TPSA) is 56.7 Å². The molecule has 2 N–H and O–H groups in total. The third-order valence-electron chi connectivity index (χ3n) is 3.44. The number of aromatic nitrogens is 3. The van der Waals surface area contributed by atoms with Gasteiger partial charge in [0.15, 0.2) is 0 Å². The van der Waals surface area contributed by atoms with E-state index >= 15 is 0 Å². The van der Waals surface area contributed by atoms with Crippen LogP contribution in [0.3, 0.4) is 0 Å². The average Bonchev–Trinajstić information content (AvgIpc) is 2.68. The minimum absolute atomic E-state index is 0.745. The van der Waals surface area contributed by atoms with Gasteiger partial charge in [-0.2, -0.15) is 0 Å². The summed E-state index contributed by atoms with van der Waals surface area (Å²) in [6.45, 7) is 4.90. The van der Waals surface area contributed by atoms with Gasteiger partial charge in [0.25, 0.3) is 0 Å². The number of fused-ring (bicyclic) bond motifs is 1. The largest absolute Gasteiger partial charge is 0.399 e. The molecule has 1 aromatic carbocycles. The minimum Gasteiger partial charge on any atom is -0.399 e. The maximum Gasteiger partial charge on any atom is 0.107 e. The second-order valence-corrected chi connectivity index (χ2v) is 4.80. The molecule has 0 unspecified atom stereocenters. The van der Waals surface area contributed by atoms with E-state index < -0.39 is 0 Å².